The van der Waals surface area contributed by atoms with Gasteiger partial charge in [-0.15, -0.1) is 0 Å². The van der Waals surface area contributed by atoms with Crippen LogP contribution in [0.2, 0.25) is 0 Å². The minimum absolute atomic E-state index is 0.456. The first-order chi connectivity index (χ1) is 22.2. The predicted octanol–water partition coefficient (Wildman–Crippen LogP) is 9.96. The van der Waals surface area contributed by atoms with Gasteiger partial charge in [0.1, 0.15) is 7.85 Å². The average Bonchev–Trinajstić information content (AvgIpc) is 3.56. The van der Waals surface area contributed by atoms with Gasteiger partial charge in [0.15, 0.2) is 0 Å². The second kappa shape index (κ2) is 9.97. The van der Waals surface area contributed by atoms with Crippen molar-refractivity contribution in [1.29, 1.82) is 0 Å². The number of nitrogens with zero attached hydrogens (tertiary/aromatic N) is 1. The second-order valence-corrected chi connectivity index (χ2v) is 12.0. The monoisotopic (exact) mass is 569 g/mol. The van der Waals surface area contributed by atoms with Crippen LogP contribution < -0.4 is 10.4 Å². The van der Waals surface area contributed by atoms with Gasteiger partial charge in [0.25, 0.3) is 0 Å². The van der Waals surface area contributed by atoms with E-state index in [1.54, 1.807) is 0 Å². The van der Waals surface area contributed by atoms with Crippen LogP contribution in [0.5, 0.6) is 0 Å². The number of fused-ring (bicyclic) bond motifs is 10. The molecule has 1 spiro atoms. The Morgan fingerprint density at radius 1 is 0.356 bits per heavy atom. The van der Waals surface area contributed by atoms with E-state index in [2.05, 4.69) is 169 Å². The minimum atomic E-state index is -0.456. The fourth-order valence-corrected chi connectivity index (χ4v) is 7.74. The molecule has 1 nitrogen and oxygen atoms in total. The Kier molecular flexibility index (Phi) is 5.73. The number of rotatable bonds is 4. The highest BCUT2D eigenvalue weighted by atomic mass is 15.1. The first kappa shape index (κ1) is 25.9. The van der Waals surface area contributed by atoms with Crippen LogP contribution in [0.15, 0.2) is 170 Å². The Morgan fingerprint density at radius 3 is 1.49 bits per heavy atom. The average molecular weight is 570 g/mol. The summed E-state index contributed by atoms with van der Waals surface area (Å²) in [6.07, 6.45) is 0. The van der Waals surface area contributed by atoms with Crippen LogP contribution in [-0.4, -0.2) is 7.85 Å². The highest BCUT2D eigenvalue weighted by molar-refractivity contribution is 6.32. The Morgan fingerprint density at radius 2 is 0.822 bits per heavy atom. The van der Waals surface area contributed by atoms with Crippen molar-refractivity contribution >= 4 is 30.4 Å². The lowest BCUT2D eigenvalue weighted by Crippen LogP contribution is -2.27. The fourth-order valence-electron chi connectivity index (χ4n) is 7.74. The predicted molar refractivity (Wildman–Crippen MR) is 188 cm³/mol. The first-order valence-corrected chi connectivity index (χ1v) is 15.5. The standard InChI is InChI=1S/C43H28BN/c44-31-21-25-37-35-15-7-9-17-39(35)43(41(37)27-31)40-18-10-8-16-36(40)38-26-24-34(28-42(38)43)45(32-13-5-2-6-14-32)33-22-19-30(20-23-33)29-11-3-1-4-12-29/h1-28H. The topological polar surface area (TPSA) is 3.24 Å². The van der Waals surface area contributed by atoms with Gasteiger partial charge >= 0.3 is 0 Å². The third-order valence-corrected chi connectivity index (χ3v) is 9.60. The summed E-state index contributed by atoms with van der Waals surface area (Å²) in [6.45, 7) is 0. The van der Waals surface area contributed by atoms with Crippen LogP contribution in [0.1, 0.15) is 22.3 Å². The molecule has 0 heterocycles. The van der Waals surface area contributed by atoms with Crippen molar-refractivity contribution in [3.8, 4) is 33.4 Å². The number of hydrogen-bond acceptors (Lipinski definition) is 1. The second-order valence-electron chi connectivity index (χ2n) is 12.0. The van der Waals surface area contributed by atoms with Gasteiger partial charge in [0.05, 0.1) is 5.41 Å². The quantitative estimate of drug-likeness (QED) is 0.191. The van der Waals surface area contributed by atoms with Gasteiger partial charge in [0.2, 0.25) is 0 Å². The molecule has 2 heteroatoms. The van der Waals surface area contributed by atoms with E-state index < -0.39 is 5.41 Å². The molecule has 1 unspecified atom stereocenters. The van der Waals surface area contributed by atoms with Crippen molar-refractivity contribution in [3.63, 3.8) is 0 Å². The van der Waals surface area contributed by atoms with Crippen LogP contribution in [0, 0.1) is 0 Å². The summed E-state index contributed by atoms with van der Waals surface area (Å²) in [4.78, 5) is 2.37. The summed E-state index contributed by atoms with van der Waals surface area (Å²) < 4.78 is 0. The molecule has 0 saturated carbocycles. The van der Waals surface area contributed by atoms with E-state index in [0.717, 1.165) is 22.5 Å². The fraction of sp³-hybridized carbons (Fsp3) is 0.0233. The summed E-state index contributed by atoms with van der Waals surface area (Å²) in [5, 5.41) is 0. The van der Waals surface area contributed by atoms with Gasteiger partial charge in [-0.1, -0.05) is 139 Å². The van der Waals surface area contributed by atoms with Crippen molar-refractivity contribution in [1.82, 2.24) is 0 Å². The molecule has 0 aromatic heterocycles. The number of hydrogen-bond donors (Lipinski definition) is 0. The van der Waals surface area contributed by atoms with Gasteiger partial charge in [0, 0.05) is 17.1 Å². The zero-order valence-corrected chi connectivity index (χ0v) is 24.7. The zero-order valence-electron chi connectivity index (χ0n) is 24.7. The van der Waals surface area contributed by atoms with Crippen LogP contribution in [0.25, 0.3) is 33.4 Å². The molecule has 0 aliphatic heterocycles. The van der Waals surface area contributed by atoms with E-state index in [-0.39, 0.29) is 0 Å². The molecule has 7 aromatic carbocycles. The minimum Gasteiger partial charge on any atom is -0.310 e. The number of para-hydroxylation sites is 1. The van der Waals surface area contributed by atoms with Crippen LogP contribution in [0.4, 0.5) is 17.1 Å². The summed E-state index contributed by atoms with van der Waals surface area (Å²) in [5.74, 6) is 0. The summed E-state index contributed by atoms with van der Waals surface area (Å²) in [6, 6.07) is 61.3. The van der Waals surface area contributed by atoms with Crippen LogP contribution in [-0.2, 0) is 5.41 Å². The Labute approximate surface area is 265 Å². The van der Waals surface area contributed by atoms with Gasteiger partial charge < -0.3 is 4.90 Å². The van der Waals surface area contributed by atoms with E-state index >= 15 is 0 Å². The molecule has 0 bridgehead atoms. The maximum atomic E-state index is 6.53. The van der Waals surface area contributed by atoms with Gasteiger partial charge in [-0.3, -0.25) is 0 Å². The number of benzene rings is 7. The molecule has 0 fully saturated rings. The Bertz CT molecular complexity index is 2210. The summed E-state index contributed by atoms with van der Waals surface area (Å²) in [5.41, 5.74) is 16.3. The van der Waals surface area contributed by atoms with Gasteiger partial charge in [-0.2, -0.15) is 0 Å². The zero-order chi connectivity index (χ0) is 30.0. The van der Waals surface area contributed by atoms with Crippen molar-refractivity contribution in [2.24, 2.45) is 0 Å². The van der Waals surface area contributed by atoms with E-state index in [0.29, 0.717) is 0 Å². The highest BCUT2D eigenvalue weighted by Crippen LogP contribution is 2.63. The molecule has 0 saturated heterocycles. The molecular weight excluding hydrogens is 541 g/mol. The molecule has 9 rings (SSSR count). The number of anilines is 3. The van der Waals surface area contributed by atoms with Crippen molar-refractivity contribution in [3.05, 3.63) is 192 Å². The van der Waals surface area contributed by atoms with Gasteiger partial charge in [-0.05, 0) is 92.0 Å². The van der Waals surface area contributed by atoms with Gasteiger partial charge in [-0.25, -0.2) is 0 Å². The van der Waals surface area contributed by atoms with Crippen molar-refractivity contribution < 1.29 is 0 Å². The Balaban J connectivity index is 1.29. The maximum absolute atomic E-state index is 6.53. The highest BCUT2D eigenvalue weighted by Gasteiger charge is 2.51. The first-order valence-electron chi connectivity index (χ1n) is 15.5. The molecule has 2 aliphatic carbocycles. The largest absolute Gasteiger partial charge is 0.310 e. The lowest BCUT2D eigenvalue weighted by molar-refractivity contribution is 0.794. The molecule has 0 N–H and O–H groups in total. The molecule has 208 valence electrons. The van der Waals surface area contributed by atoms with E-state index in [9.17, 15) is 0 Å². The molecular formula is C43H28BN. The maximum Gasteiger partial charge on any atom is 0.113 e. The molecule has 1 atom stereocenters. The Hall–Kier alpha value is -5.60. The SMILES string of the molecule is [B]c1ccc2c(c1)C1(c3ccccc3-2)c2ccccc2-c2ccc(N(c3ccccc3)c3ccc(-c4ccccc4)cc3)cc21. The van der Waals surface area contributed by atoms with Crippen LogP contribution >= 0.6 is 0 Å². The lowest BCUT2D eigenvalue weighted by Gasteiger charge is -2.32. The molecule has 2 radical (unpaired) electrons. The van der Waals surface area contributed by atoms with E-state index in [1.165, 1.54) is 55.6 Å². The van der Waals surface area contributed by atoms with Crippen molar-refractivity contribution in [2.75, 3.05) is 4.90 Å². The smallest absolute Gasteiger partial charge is 0.113 e. The van der Waals surface area contributed by atoms with Crippen LogP contribution in [0.3, 0.4) is 0 Å². The van der Waals surface area contributed by atoms with E-state index in [4.69, 9.17) is 7.85 Å². The lowest BCUT2D eigenvalue weighted by atomic mass is 9.69. The van der Waals surface area contributed by atoms with Crippen molar-refractivity contribution in [2.45, 2.75) is 5.41 Å². The summed E-state index contributed by atoms with van der Waals surface area (Å²) >= 11 is 0. The normalized spacial score (nSPS) is 15.3. The third-order valence-electron chi connectivity index (χ3n) is 9.60. The molecule has 2 aliphatic rings. The molecule has 7 aromatic rings. The molecule has 0 amide bonds. The molecule has 45 heavy (non-hydrogen) atoms. The third kappa shape index (κ3) is 3.76. The van der Waals surface area contributed by atoms with E-state index in [1.807, 2.05) is 6.07 Å². The summed E-state index contributed by atoms with van der Waals surface area (Å²) in [7, 11) is 6.53.